The highest BCUT2D eigenvalue weighted by Gasteiger charge is 2.17. The molecule has 0 atom stereocenters. The van der Waals surface area contributed by atoms with Crippen LogP contribution in [-0.4, -0.2) is 68.3 Å². The van der Waals surface area contributed by atoms with Gasteiger partial charge in [0.25, 0.3) is 0 Å². The van der Waals surface area contributed by atoms with E-state index >= 15 is 0 Å². The largest absolute Gasteiger partial charge is 0.475 e. The van der Waals surface area contributed by atoms with Crippen LogP contribution in [0.4, 0.5) is 0 Å². The monoisotopic (exact) mass is 363 g/mol. The molecule has 0 bridgehead atoms. The van der Waals surface area contributed by atoms with Gasteiger partial charge in [0.05, 0.1) is 19.7 Å². The fraction of sp³-hybridized carbons (Fsp3) is 0.611. The molecule has 8 heteroatoms. The summed E-state index contributed by atoms with van der Waals surface area (Å²) >= 11 is 0. The summed E-state index contributed by atoms with van der Waals surface area (Å²) in [7, 11) is 1.63. The van der Waals surface area contributed by atoms with Crippen LogP contribution < -0.4 is 15.4 Å². The molecule has 1 aliphatic heterocycles. The van der Waals surface area contributed by atoms with Crippen LogP contribution in [0.1, 0.15) is 25.3 Å². The Morgan fingerprint density at radius 1 is 1.31 bits per heavy atom. The van der Waals surface area contributed by atoms with E-state index in [-0.39, 0.29) is 12.5 Å². The Morgan fingerprint density at radius 3 is 2.85 bits per heavy atom. The molecule has 0 unspecified atom stereocenters. The number of guanidine groups is 1. The fourth-order valence-electron chi connectivity index (χ4n) is 2.64. The van der Waals surface area contributed by atoms with Crippen LogP contribution in [0.5, 0.6) is 5.88 Å². The number of aromatic nitrogens is 1. The molecule has 0 spiro atoms. The highest BCUT2D eigenvalue weighted by atomic mass is 16.5. The molecule has 2 heterocycles. The minimum atomic E-state index is 0.109. The van der Waals surface area contributed by atoms with Gasteiger partial charge in [-0.1, -0.05) is 6.07 Å². The second kappa shape index (κ2) is 11.3. The summed E-state index contributed by atoms with van der Waals surface area (Å²) < 4.78 is 10.6. The second-order valence-electron chi connectivity index (χ2n) is 5.95. The third-order valence-electron chi connectivity index (χ3n) is 3.99. The van der Waals surface area contributed by atoms with Gasteiger partial charge in [0.1, 0.15) is 6.61 Å². The molecule has 1 saturated heterocycles. The molecule has 2 rings (SSSR count). The number of ether oxygens (including phenoxy) is 2. The predicted molar refractivity (Wildman–Crippen MR) is 100 cm³/mol. The zero-order valence-electron chi connectivity index (χ0n) is 15.7. The van der Waals surface area contributed by atoms with E-state index in [1.165, 1.54) is 0 Å². The van der Waals surface area contributed by atoms with Gasteiger partial charge < -0.3 is 25.0 Å². The molecule has 26 heavy (non-hydrogen) atoms. The lowest BCUT2D eigenvalue weighted by atomic mass is 10.3. The number of likely N-dealkylation sites (tertiary alicyclic amines) is 1. The standard InChI is InChI=1S/C18H29N5O3/c1-3-19-18(22-14-16(24)23-9-4-5-10-23)21-13-15-7-6-8-20-17(15)26-12-11-25-2/h6-8H,3-5,9-14H2,1-2H3,(H2,19,21,22). The van der Waals surface area contributed by atoms with Crippen molar-refractivity contribution in [1.82, 2.24) is 20.5 Å². The van der Waals surface area contributed by atoms with Crippen molar-refractivity contribution in [3.8, 4) is 5.88 Å². The lowest BCUT2D eigenvalue weighted by Gasteiger charge is -2.17. The number of carbonyl (C=O) groups excluding carboxylic acids is 1. The summed E-state index contributed by atoms with van der Waals surface area (Å²) in [5.74, 6) is 1.27. The Morgan fingerprint density at radius 2 is 2.12 bits per heavy atom. The van der Waals surface area contributed by atoms with Crippen LogP contribution in [0.25, 0.3) is 0 Å². The molecule has 1 aromatic rings. The maximum absolute atomic E-state index is 12.2. The highest BCUT2D eigenvalue weighted by Crippen LogP contribution is 2.15. The Bertz CT molecular complexity index is 588. The molecule has 0 aromatic carbocycles. The molecule has 0 radical (unpaired) electrons. The lowest BCUT2D eigenvalue weighted by molar-refractivity contribution is -0.128. The molecule has 1 fully saturated rings. The summed E-state index contributed by atoms with van der Waals surface area (Å²) in [6.45, 7) is 6.00. The van der Waals surface area contributed by atoms with E-state index in [1.807, 2.05) is 24.0 Å². The first kappa shape index (κ1) is 20.0. The summed E-state index contributed by atoms with van der Waals surface area (Å²) in [4.78, 5) is 22.9. The van der Waals surface area contributed by atoms with Crippen molar-refractivity contribution in [3.63, 3.8) is 0 Å². The van der Waals surface area contributed by atoms with Crippen molar-refractivity contribution in [1.29, 1.82) is 0 Å². The number of hydrogen-bond donors (Lipinski definition) is 2. The second-order valence-corrected chi connectivity index (χ2v) is 5.95. The number of hydrogen-bond acceptors (Lipinski definition) is 5. The number of methoxy groups -OCH3 is 1. The van der Waals surface area contributed by atoms with Gasteiger partial charge in [-0.2, -0.15) is 0 Å². The van der Waals surface area contributed by atoms with E-state index in [0.29, 0.717) is 38.1 Å². The average Bonchev–Trinajstić information content (AvgIpc) is 3.20. The number of nitrogens with one attached hydrogen (secondary N) is 2. The molecule has 144 valence electrons. The van der Waals surface area contributed by atoms with E-state index in [4.69, 9.17) is 9.47 Å². The third-order valence-corrected chi connectivity index (χ3v) is 3.99. The molecule has 2 N–H and O–H groups in total. The number of amides is 1. The molecular formula is C18H29N5O3. The Labute approximate surface area is 155 Å². The van der Waals surface area contributed by atoms with Crippen LogP contribution >= 0.6 is 0 Å². The minimum Gasteiger partial charge on any atom is -0.475 e. The molecule has 0 saturated carbocycles. The fourth-order valence-corrected chi connectivity index (χ4v) is 2.64. The molecule has 0 aliphatic carbocycles. The van der Waals surface area contributed by atoms with E-state index in [0.717, 1.165) is 31.5 Å². The van der Waals surface area contributed by atoms with E-state index in [1.54, 1.807) is 13.3 Å². The smallest absolute Gasteiger partial charge is 0.241 e. The first-order chi connectivity index (χ1) is 12.7. The van der Waals surface area contributed by atoms with Crippen molar-refractivity contribution in [3.05, 3.63) is 23.9 Å². The maximum Gasteiger partial charge on any atom is 0.241 e. The number of carbonyl (C=O) groups is 1. The first-order valence-electron chi connectivity index (χ1n) is 9.10. The summed E-state index contributed by atoms with van der Waals surface area (Å²) in [6, 6.07) is 3.78. The zero-order valence-corrected chi connectivity index (χ0v) is 15.7. The van der Waals surface area contributed by atoms with Gasteiger partial charge in [-0.25, -0.2) is 9.98 Å². The molecule has 1 aliphatic rings. The minimum absolute atomic E-state index is 0.109. The van der Waals surface area contributed by atoms with E-state index in [2.05, 4.69) is 20.6 Å². The quantitative estimate of drug-likeness (QED) is 0.383. The van der Waals surface area contributed by atoms with Gasteiger partial charge in [0, 0.05) is 38.5 Å². The lowest BCUT2D eigenvalue weighted by Crippen LogP contribution is -2.44. The van der Waals surface area contributed by atoms with Gasteiger partial charge in [-0.15, -0.1) is 0 Å². The third kappa shape index (κ3) is 6.51. The Kier molecular flexibility index (Phi) is 8.68. The molecule has 8 nitrogen and oxygen atoms in total. The van der Waals surface area contributed by atoms with Gasteiger partial charge in [0.2, 0.25) is 11.8 Å². The van der Waals surface area contributed by atoms with Gasteiger partial charge in [0.15, 0.2) is 5.96 Å². The van der Waals surface area contributed by atoms with Crippen LogP contribution in [0.2, 0.25) is 0 Å². The Balaban J connectivity index is 1.92. The molecule has 1 aromatic heterocycles. The number of nitrogens with zero attached hydrogens (tertiary/aromatic N) is 3. The van der Waals surface area contributed by atoms with Crippen molar-refractivity contribution < 1.29 is 14.3 Å². The summed E-state index contributed by atoms with van der Waals surface area (Å²) in [6.07, 6.45) is 3.87. The first-order valence-corrected chi connectivity index (χ1v) is 9.10. The van der Waals surface area contributed by atoms with Crippen molar-refractivity contribution in [2.45, 2.75) is 26.3 Å². The summed E-state index contributed by atoms with van der Waals surface area (Å²) in [5.41, 5.74) is 0.881. The van der Waals surface area contributed by atoms with Gasteiger partial charge in [-0.3, -0.25) is 4.79 Å². The van der Waals surface area contributed by atoms with E-state index < -0.39 is 0 Å². The molecule has 1 amide bonds. The van der Waals surface area contributed by atoms with Crippen LogP contribution in [0, 0.1) is 0 Å². The van der Waals surface area contributed by atoms with Crippen molar-refractivity contribution in [2.75, 3.05) is 46.5 Å². The van der Waals surface area contributed by atoms with Crippen LogP contribution in [0.15, 0.2) is 23.3 Å². The molecular weight excluding hydrogens is 334 g/mol. The van der Waals surface area contributed by atoms with Crippen molar-refractivity contribution >= 4 is 11.9 Å². The van der Waals surface area contributed by atoms with Crippen LogP contribution in [-0.2, 0) is 16.1 Å². The SMILES string of the molecule is CCNC(=NCc1cccnc1OCCOC)NCC(=O)N1CCCC1. The number of pyridine rings is 1. The average molecular weight is 363 g/mol. The predicted octanol–water partition coefficient (Wildman–Crippen LogP) is 0.784. The topological polar surface area (TPSA) is 88.1 Å². The van der Waals surface area contributed by atoms with Gasteiger partial charge in [-0.05, 0) is 25.8 Å². The Hall–Kier alpha value is -2.35. The zero-order chi connectivity index (χ0) is 18.6. The van der Waals surface area contributed by atoms with Gasteiger partial charge >= 0.3 is 0 Å². The van der Waals surface area contributed by atoms with Crippen LogP contribution in [0.3, 0.4) is 0 Å². The highest BCUT2D eigenvalue weighted by molar-refractivity contribution is 5.86. The maximum atomic E-state index is 12.2. The summed E-state index contributed by atoms with van der Waals surface area (Å²) in [5, 5.41) is 6.26. The van der Waals surface area contributed by atoms with E-state index in [9.17, 15) is 4.79 Å². The van der Waals surface area contributed by atoms with Crippen molar-refractivity contribution in [2.24, 2.45) is 4.99 Å². The number of aliphatic imine (C=N–C) groups is 1. The number of rotatable bonds is 9. The normalized spacial score (nSPS) is 14.4.